The molecule has 1 aliphatic rings. The Bertz CT molecular complexity index is 382. The fraction of sp³-hybridized carbons (Fsp3) is 0.444. The van der Waals surface area contributed by atoms with Crippen LogP contribution in [0.2, 0.25) is 0 Å². The second-order valence-electron chi connectivity index (χ2n) is 5.02. The molecule has 0 aromatic heterocycles. The summed E-state index contributed by atoms with van der Waals surface area (Å²) in [5.74, 6) is 0.618. The van der Waals surface area contributed by atoms with Gasteiger partial charge in [0.2, 0.25) is 0 Å². The first-order chi connectivity index (χ1) is 9.31. The van der Waals surface area contributed by atoms with Gasteiger partial charge in [-0.3, -0.25) is 0 Å². The van der Waals surface area contributed by atoms with E-state index < -0.39 is 0 Å². The van der Waals surface area contributed by atoms with E-state index >= 15 is 0 Å². The van der Waals surface area contributed by atoms with Crippen molar-refractivity contribution < 1.29 is 0 Å². The van der Waals surface area contributed by atoms with Crippen molar-refractivity contribution in [1.29, 1.82) is 0 Å². The Hall–Kier alpha value is -1.34. The average molecular weight is 257 g/mol. The second-order valence-corrected chi connectivity index (χ2v) is 5.02. The maximum atomic E-state index is 3.77. The smallest absolute Gasteiger partial charge is 0.0170 e. The fourth-order valence-corrected chi connectivity index (χ4v) is 2.48. The molecule has 19 heavy (non-hydrogen) atoms. The van der Waals surface area contributed by atoms with Gasteiger partial charge in [-0.05, 0) is 43.4 Å². The van der Waals surface area contributed by atoms with Crippen LogP contribution in [0.3, 0.4) is 0 Å². The zero-order valence-electron chi connectivity index (χ0n) is 12.4. The Morgan fingerprint density at radius 2 is 2.26 bits per heavy atom. The lowest BCUT2D eigenvalue weighted by Gasteiger charge is -2.16. The van der Waals surface area contributed by atoms with Crippen molar-refractivity contribution in [3.63, 3.8) is 0 Å². The van der Waals surface area contributed by atoms with Crippen molar-refractivity contribution in [2.45, 2.75) is 32.6 Å². The zero-order valence-corrected chi connectivity index (χ0v) is 12.4. The van der Waals surface area contributed by atoms with Crippen LogP contribution >= 0.6 is 0 Å². The van der Waals surface area contributed by atoms with E-state index in [1.54, 1.807) is 0 Å². The zero-order chi connectivity index (χ0) is 13.9. The molecular weight excluding hydrogens is 230 g/mol. The van der Waals surface area contributed by atoms with Gasteiger partial charge in [0.1, 0.15) is 0 Å². The van der Waals surface area contributed by atoms with Gasteiger partial charge in [0.25, 0.3) is 0 Å². The molecule has 1 unspecified atom stereocenters. The van der Waals surface area contributed by atoms with Gasteiger partial charge in [-0.2, -0.15) is 0 Å². The Kier molecular flexibility index (Phi) is 7.92. The maximum Gasteiger partial charge on any atom is 0.0170 e. The van der Waals surface area contributed by atoms with E-state index in [0.717, 1.165) is 19.4 Å². The van der Waals surface area contributed by atoms with E-state index in [1.807, 2.05) is 13.1 Å². The average Bonchev–Trinajstić information content (AvgIpc) is 2.63. The highest BCUT2D eigenvalue weighted by Gasteiger charge is 2.10. The van der Waals surface area contributed by atoms with Gasteiger partial charge >= 0.3 is 0 Å². The first-order valence-corrected chi connectivity index (χ1v) is 7.29. The van der Waals surface area contributed by atoms with Crippen LogP contribution in [0, 0.1) is 5.92 Å². The summed E-state index contributed by atoms with van der Waals surface area (Å²) in [5, 5.41) is 3.28. The molecule has 0 heterocycles. The van der Waals surface area contributed by atoms with Crippen LogP contribution in [0.5, 0.6) is 0 Å². The van der Waals surface area contributed by atoms with Crippen LogP contribution < -0.4 is 5.32 Å². The van der Waals surface area contributed by atoms with Crippen molar-refractivity contribution >= 4 is 0 Å². The van der Waals surface area contributed by atoms with Gasteiger partial charge in [0, 0.05) is 6.54 Å². The normalized spacial score (nSPS) is 16.9. The maximum absolute atomic E-state index is 3.77. The van der Waals surface area contributed by atoms with Crippen molar-refractivity contribution in [1.82, 2.24) is 5.32 Å². The molecule has 0 saturated carbocycles. The van der Waals surface area contributed by atoms with Crippen molar-refractivity contribution in [2.24, 2.45) is 5.92 Å². The predicted octanol–water partition coefficient (Wildman–Crippen LogP) is 4.57. The van der Waals surface area contributed by atoms with Crippen molar-refractivity contribution in [3.05, 3.63) is 60.3 Å². The molecule has 1 rings (SSSR count). The number of hydrogen-bond acceptors (Lipinski definition) is 1. The van der Waals surface area contributed by atoms with E-state index in [1.165, 1.54) is 24.0 Å². The Labute approximate surface area is 118 Å². The van der Waals surface area contributed by atoms with Crippen LogP contribution in [0.4, 0.5) is 0 Å². The first-order valence-electron chi connectivity index (χ1n) is 7.29. The summed E-state index contributed by atoms with van der Waals surface area (Å²) in [7, 11) is 2.02. The molecule has 0 fully saturated rings. The first kappa shape index (κ1) is 15.7. The molecule has 0 saturated heterocycles. The fourth-order valence-electron chi connectivity index (χ4n) is 2.48. The predicted molar refractivity (Wildman–Crippen MR) is 86.2 cm³/mol. The third-order valence-corrected chi connectivity index (χ3v) is 3.41. The number of hydrogen-bond donors (Lipinski definition) is 1. The monoisotopic (exact) mass is 257 g/mol. The van der Waals surface area contributed by atoms with Crippen molar-refractivity contribution in [2.75, 3.05) is 13.6 Å². The number of nitrogens with one attached hydrogen (secondary N) is 1. The molecular formula is C18H27N. The van der Waals surface area contributed by atoms with E-state index in [-0.39, 0.29) is 0 Å². The standard InChI is InChI=1S/C18H27N/c1-4-6-11-16(10-5-2)14-17-12-8-7-9-13-18(17)15-19-3/h4,6-9,11-12,16,19H,1,5,10,13-15H2,2-3H3/b11-6-. The quantitative estimate of drug-likeness (QED) is 0.628. The molecule has 1 N–H and O–H groups in total. The Balaban J connectivity index is 2.82. The van der Waals surface area contributed by atoms with Crippen LogP contribution in [-0.2, 0) is 0 Å². The van der Waals surface area contributed by atoms with Gasteiger partial charge in [0.15, 0.2) is 0 Å². The minimum Gasteiger partial charge on any atom is -0.316 e. The minimum atomic E-state index is 0.618. The summed E-state index contributed by atoms with van der Waals surface area (Å²) in [6.45, 7) is 7.00. The number of likely N-dealkylation sites (N-methyl/N-ethyl adjacent to an activating group) is 1. The van der Waals surface area contributed by atoms with Gasteiger partial charge in [-0.1, -0.05) is 62.5 Å². The van der Waals surface area contributed by atoms with Gasteiger partial charge in [0.05, 0.1) is 0 Å². The lowest BCUT2D eigenvalue weighted by Crippen LogP contribution is -2.12. The minimum absolute atomic E-state index is 0.618. The van der Waals surface area contributed by atoms with Crippen LogP contribution in [-0.4, -0.2) is 13.6 Å². The van der Waals surface area contributed by atoms with E-state index in [4.69, 9.17) is 0 Å². The molecule has 0 bridgehead atoms. The van der Waals surface area contributed by atoms with Crippen molar-refractivity contribution in [3.8, 4) is 0 Å². The second kappa shape index (κ2) is 9.57. The topological polar surface area (TPSA) is 12.0 Å². The molecule has 0 spiro atoms. The van der Waals surface area contributed by atoms with Gasteiger partial charge in [-0.15, -0.1) is 0 Å². The highest BCUT2D eigenvalue weighted by molar-refractivity contribution is 5.34. The number of allylic oxidation sites excluding steroid dienone is 8. The SMILES string of the molecule is C=C/C=C\C(CCC)CC1=C(CNC)CC=CC=C1. The Morgan fingerprint density at radius 1 is 1.42 bits per heavy atom. The summed E-state index contributed by atoms with van der Waals surface area (Å²) >= 11 is 0. The van der Waals surface area contributed by atoms with Gasteiger partial charge < -0.3 is 5.32 Å². The van der Waals surface area contributed by atoms with Crippen LogP contribution in [0.1, 0.15) is 32.6 Å². The van der Waals surface area contributed by atoms with Crippen LogP contribution in [0.15, 0.2) is 60.3 Å². The van der Waals surface area contributed by atoms with E-state index in [9.17, 15) is 0 Å². The van der Waals surface area contributed by atoms with Gasteiger partial charge in [-0.25, -0.2) is 0 Å². The van der Waals surface area contributed by atoms with E-state index in [0.29, 0.717) is 5.92 Å². The summed E-state index contributed by atoms with van der Waals surface area (Å²) in [6, 6.07) is 0. The Morgan fingerprint density at radius 3 is 2.95 bits per heavy atom. The molecule has 0 aromatic carbocycles. The summed E-state index contributed by atoms with van der Waals surface area (Å²) < 4.78 is 0. The molecule has 0 amide bonds. The summed E-state index contributed by atoms with van der Waals surface area (Å²) in [4.78, 5) is 0. The summed E-state index contributed by atoms with van der Waals surface area (Å²) in [5.41, 5.74) is 3.01. The van der Waals surface area contributed by atoms with E-state index in [2.05, 4.69) is 55.3 Å². The molecule has 1 nitrogen and oxygen atoms in total. The highest BCUT2D eigenvalue weighted by Crippen LogP contribution is 2.25. The largest absolute Gasteiger partial charge is 0.316 e. The lowest BCUT2D eigenvalue weighted by molar-refractivity contribution is 0.576. The molecule has 1 aliphatic carbocycles. The molecule has 0 aromatic rings. The number of rotatable bonds is 8. The molecule has 0 radical (unpaired) electrons. The molecule has 104 valence electrons. The molecule has 1 atom stereocenters. The summed E-state index contributed by atoms with van der Waals surface area (Å²) in [6.07, 6.45) is 19.7. The molecule has 1 heteroatoms. The third kappa shape index (κ3) is 5.89. The third-order valence-electron chi connectivity index (χ3n) is 3.41. The van der Waals surface area contributed by atoms with Crippen LogP contribution in [0.25, 0.3) is 0 Å². The lowest BCUT2D eigenvalue weighted by atomic mass is 9.91. The highest BCUT2D eigenvalue weighted by atomic mass is 14.8. The molecule has 0 aliphatic heterocycles.